The Morgan fingerprint density at radius 1 is 0.971 bits per heavy atom. The summed E-state index contributed by atoms with van der Waals surface area (Å²) in [5.41, 5.74) is 7.69. The van der Waals surface area contributed by atoms with Gasteiger partial charge in [-0.3, -0.25) is 14.3 Å². The minimum absolute atomic E-state index is 0.201. The van der Waals surface area contributed by atoms with E-state index in [4.69, 9.17) is 5.73 Å². The number of rotatable bonds is 7. The lowest BCUT2D eigenvalue weighted by atomic mass is 10.00. The zero-order valence-electron chi connectivity index (χ0n) is 19.0. The molecule has 0 aliphatic carbocycles. The second kappa shape index (κ2) is 10.1. The number of anilines is 1. The molecule has 180 valence electrons. The third-order valence-electron chi connectivity index (χ3n) is 5.61. The number of benzene rings is 2. The molecule has 0 saturated carbocycles. The molecule has 6 nitrogen and oxygen atoms in total. The van der Waals surface area contributed by atoms with Crippen molar-refractivity contribution >= 4 is 5.95 Å². The lowest BCUT2D eigenvalue weighted by Crippen LogP contribution is -2.34. The van der Waals surface area contributed by atoms with Crippen molar-refractivity contribution in [3.05, 3.63) is 101 Å². The first-order valence-electron chi connectivity index (χ1n) is 11.0. The third kappa shape index (κ3) is 5.58. The molecule has 0 spiro atoms. The Morgan fingerprint density at radius 3 is 2.26 bits per heavy atom. The van der Waals surface area contributed by atoms with Crippen LogP contribution in [0.1, 0.15) is 11.1 Å². The van der Waals surface area contributed by atoms with E-state index >= 15 is 0 Å². The number of hydrogen-bond donors (Lipinski definition) is 2. The van der Waals surface area contributed by atoms with E-state index in [1.165, 1.54) is 16.7 Å². The van der Waals surface area contributed by atoms with Crippen molar-refractivity contribution in [2.24, 2.45) is 12.8 Å². The standard InChI is InChI=1S/C26H24F3N5O/c1-34-24(35)22(18-7-9-20(10-8-18)26(27,28)29)23(19-11-13-31-14-12-19)33-25(34)32-16-21(30)15-17-5-3-2-4-6-17/h2-14,21H,15-16,30H2,1H3,(H,32,33)/t21-/m0/s1. The molecular weight excluding hydrogens is 455 g/mol. The molecule has 9 heteroatoms. The molecule has 0 unspecified atom stereocenters. The van der Waals surface area contributed by atoms with Crippen LogP contribution < -0.4 is 16.6 Å². The average molecular weight is 480 g/mol. The molecule has 2 aromatic carbocycles. The highest BCUT2D eigenvalue weighted by atomic mass is 19.4. The fourth-order valence-corrected chi connectivity index (χ4v) is 3.78. The molecule has 0 bridgehead atoms. The monoisotopic (exact) mass is 479 g/mol. The van der Waals surface area contributed by atoms with E-state index in [0.717, 1.165) is 17.7 Å². The van der Waals surface area contributed by atoms with Gasteiger partial charge in [0.1, 0.15) is 0 Å². The molecule has 1 atom stereocenters. The summed E-state index contributed by atoms with van der Waals surface area (Å²) in [4.78, 5) is 22.1. The first-order chi connectivity index (χ1) is 16.7. The highest BCUT2D eigenvalue weighted by Crippen LogP contribution is 2.33. The van der Waals surface area contributed by atoms with Gasteiger partial charge in [0.05, 0.1) is 16.8 Å². The summed E-state index contributed by atoms with van der Waals surface area (Å²) in [6.45, 7) is 0.366. The number of nitrogens with two attached hydrogens (primary N) is 1. The Morgan fingerprint density at radius 2 is 1.63 bits per heavy atom. The van der Waals surface area contributed by atoms with E-state index in [9.17, 15) is 18.0 Å². The molecular formula is C26H24F3N5O. The third-order valence-corrected chi connectivity index (χ3v) is 5.61. The maximum absolute atomic E-state index is 13.4. The first-order valence-corrected chi connectivity index (χ1v) is 11.0. The number of halogens is 3. The van der Waals surface area contributed by atoms with Gasteiger partial charge in [-0.15, -0.1) is 0 Å². The summed E-state index contributed by atoms with van der Waals surface area (Å²) >= 11 is 0. The zero-order chi connectivity index (χ0) is 25.0. The Labute approximate surface area is 200 Å². The van der Waals surface area contributed by atoms with E-state index in [0.29, 0.717) is 35.7 Å². The van der Waals surface area contributed by atoms with Gasteiger partial charge >= 0.3 is 6.18 Å². The maximum atomic E-state index is 13.4. The summed E-state index contributed by atoms with van der Waals surface area (Å²) in [5, 5.41) is 3.15. The number of hydrogen-bond acceptors (Lipinski definition) is 5. The smallest absolute Gasteiger partial charge is 0.354 e. The highest BCUT2D eigenvalue weighted by molar-refractivity contribution is 5.80. The molecule has 0 fully saturated rings. The summed E-state index contributed by atoms with van der Waals surface area (Å²) in [6.07, 6.45) is -0.702. The van der Waals surface area contributed by atoms with Crippen molar-refractivity contribution in [3.8, 4) is 22.4 Å². The number of alkyl halides is 3. The van der Waals surface area contributed by atoms with Crippen LogP contribution in [0.2, 0.25) is 0 Å². The molecule has 4 rings (SSSR count). The van der Waals surface area contributed by atoms with Crippen molar-refractivity contribution in [1.29, 1.82) is 0 Å². The van der Waals surface area contributed by atoms with Crippen LogP contribution in [0.5, 0.6) is 0 Å². The van der Waals surface area contributed by atoms with Crippen molar-refractivity contribution in [1.82, 2.24) is 14.5 Å². The molecule has 2 heterocycles. The molecule has 2 aromatic heterocycles. The highest BCUT2D eigenvalue weighted by Gasteiger charge is 2.30. The normalized spacial score (nSPS) is 12.4. The number of pyridine rings is 1. The molecule has 0 aliphatic heterocycles. The molecule has 0 saturated heterocycles. The SMILES string of the molecule is Cn1c(NC[C@@H](N)Cc2ccccc2)nc(-c2ccncc2)c(-c2ccc(C(F)(F)F)cc2)c1=O. The van der Waals surface area contributed by atoms with Crippen LogP contribution in [0, 0.1) is 0 Å². The quantitative estimate of drug-likeness (QED) is 0.407. The minimum atomic E-state index is -4.47. The summed E-state index contributed by atoms with van der Waals surface area (Å²) < 4.78 is 40.5. The number of nitrogens with zero attached hydrogens (tertiary/aromatic N) is 3. The van der Waals surface area contributed by atoms with Gasteiger partial charge in [-0.05, 0) is 41.8 Å². The lowest BCUT2D eigenvalue weighted by molar-refractivity contribution is -0.137. The van der Waals surface area contributed by atoms with Gasteiger partial charge in [0, 0.05) is 37.6 Å². The van der Waals surface area contributed by atoms with Crippen molar-refractivity contribution < 1.29 is 13.2 Å². The van der Waals surface area contributed by atoms with E-state index in [2.05, 4.69) is 15.3 Å². The Kier molecular flexibility index (Phi) is 6.97. The van der Waals surface area contributed by atoms with E-state index in [-0.39, 0.29) is 11.6 Å². The van der Waals surface area contributed by atoms with Gasteiger partial charge in [-0.25, -0.2) is 4.98 Å². The molecule has 0 aliphatic rings. The number of aromatic nitrogens is 3. The van der Waals surface area contributed by atoms with Gasteiger partial charge in [0.2, 0.25) is 5.95 Å². The van der Waals surface area contributed by atoms with Crippen LogP contribution in [-0.2, 0) is 19.6 Å². The average Bonchev–Trinajstić information content (AvgIpc) is 2.85. The van der Waals surface area contributed by atoms with Crippen molar-refractivity contribution in [2.75, 3.05) is 11.9 Å². The van der Waals surface area contributed by atoms with E-state index in [1.807, 2.05) is 30.3 Å². The van der Waals surface area contributed by atoms with Crippen molar-refractivity contribution in [2.45, 2.75) is 18.6 Å². The van der Waals surface area contributed by atoms with Gasteiger partial charge < -0.3 is 11.1 Å². The molecule has 35 heavy (non-hydrogen) atoms. The fraction of sp³-hybridized carbons (Fsp3) is 0.192. The van der Waals surface area contributed by atoms with Crippen LogP contribution >= 0.6 is 0 Å². The maximum Gasteiger partial charge on any atom is 0.416 e. The van der Waals surface area contributed by atoms with Crippen LogP contribution in [0.4, 0.5) is 19.1 Å². The summed E-state index contributed by atoms with van der Waals surface area (Å²) in [5.74, 6) is 0.306. The Hall–Kier alpha value is -3.98. The summed E-state index contributed by atoms with van der Waals surface area (Å²) in [6, 6.07) is 17.5. The molecule has 0 amide bonds. The van der Waals surface area contributed by atoms with Crippen LogP contribution in [0.15, 0.2) is 83.9 Å². The largest absolute Gasteiger partial charge is 0.416 e. The lowest BCUT2D eigenvalue weighted by Gasteiger charge is -2.18. The topological polar surface area (TPSA) is 85.8 Å². The molecule has 3 N–H and O–H groups in total. The molecule has 4 aromatic rings. The van der Waals surface area contributed by atoms with Crippen LogP contribution in [-0.4, -0.2) is 27.1 Å². The van der Waals surface area contributed by atoms with Gasteiger partial charge in [0.25, 0.3) is 5.56 Å². The van der Waals surface area contributed by atoms with Gasteiger partial charge in [0.15, 0.2) is 0 Å². The first kappa shape index (κ1) is 24.2. The predicted octanol–water partition coefficient (Wildman–Crippen LogP) is 4.51. The fourth-order valence-electron chi connectivity index (χ4n) is 3.78. The minimum Gasteiger partial charge on any atom is -0.354 e. The summed E-state index contributed by atoms with van der Waals surface area (Å²) in [7, 11) is 1.56. The van der Waals surface area contributed by atoms with E-state index in [1.54, 1.807) is 31.6 Å². The Bertz CT molecular complexity index is 1340. The van der Waals surface area contributed by atoms with E-state index < -0.39 is 17.3 Å². The zero-order valence-corrected chi connectivity index (χ0v) is 19.0. The van der Waals surface area contributed by atoms with Crippen LogP contribution in [0.25, 0.3) is 22.4 Å². The van der Waals surface area contributed by atoms with Crippen molar-refractivity contribution in [3.63, 3.8) is 0 Å². The predicted molar refractivity (Wildman–Crippen MR) is 130 cm³/mol. The van der Waals surface area contributed by atoms with Gasteiger partial charge in [-0.2, -0.15) is 13.2 Å². The van der Waals surface area contributed by atoms with Crippen LogP contribution in [0.3, 0.4) is 0 Å². The second-order valence-electron chi connectivity index (χ2n) is 8.16. The molecule has 0 radical (unpaired) electrons. The number of nitrogens with one attached hydrogen (secondary N) is 1. The Balaban J connectivity index is 1.70. The second-order valence-corrected chi connectivity index (χ2v) is 8.16. The van der Waals surface area contributed by atoms with Gasteiger partial charge in [-0.1, -0.05) is 42.5 Å².